The molecule has 1 saturated carbocycles. The summed E-state index contributed by atoms with van der Waals surface area (Å²) in [5, 5.41) is 3.41. The van der Waals surface area contributed by atoms with Gasteiger partial charge in [0.1, 0.15) is 0 Å². The van der Waals surface area contributed by atoms with Crippen molar-refractivity contribution in [1.82, 2.24) is 5.32 Å². The molecule has 1 aromatic rings. The highest BCUT2D eigenvalue weighted by atomic mass is 79.9. The molecule has 0 aliphatic heterocycles. The van der Waals surface area contributed by atoms with Gasteiger partial charge in [0, 0.05) is 6.54 Å². The summed E-state index contributed by atoms with van der Waals surface area (Å²) < 4.78 is 12.5. The van der Waals surface area contributed by atoms with Crippen LogP contribution in [0.2, 0.25) is 0 Å². The summed E-state index contributed by atoms with van der Waals surface area (Å²) in [5.41, 5.74) is 1.21. The first-order valence-corrected chi connectivity index (χ1v) is 8.73. The zero-order valence-corrected chi connectivity index (χ0v) is 14.7. The third kappa shape index (κ3) is 4.89. The van der Waals surface area contributed by atoms with Gasteiger partial charge >= 0.3 is 0 Å². The normalized spacial score (nSPS) is 15.4. The highest BCUT2D eigenvalue weighted by molar-refractivity contribution is 9.10. The Hall–Kier alpha value is -0.740. The highest BCUT2D eigenvalue weighted by Crippen LogP contribution is 2.37. The smallest absolute Gasteiger partial charge is 0.175 e. The summed E-state index contributed by atoms with van der Waals surface area (Å²) >= 11 is 3.62. The lowest BCUT2D eigenvalue weighted by Gasteiger charge is -2.17. The molecule has 0 saturated heterocycles. The molecule has 0 spiro atoms. The second-order valence-electron chi connectivity index (χ2n) is 5.75. The lowest BCUT2D eigenvalue weighted by atomic mass is 10.1. The van der Waals surface area contributed by atoms with E-state index in [9.17, 15) is 0 Å². The zero-order chi connectivity index (χ0) is 15.1. The lowest BCUT2D eigenvalue weighted by molar-refractivity contribution is 0.239. The van der Waals surface area contributed by atoms with Gasteiger partial charge in [-0.05, 0) is 65.4 Å². The Bertz CT molecular complexity index is 445. The molecule has 1 N–H and O–H groups in total. The number of nitrogens with one attached hydrogen (secondary N) is 1. The van der Waals surface area contributed by atoms with Crippen LogP contribution in [0.25, 0.3) is 0 Å². The van der Waals surface area contributed by atoms with E-state index in [1.165, 1.54) is 31.2 Å². The van der Waals surface area contributed by atoms with Gasteiger partial charge in [0.05, 0.1) is 18.2 Å². The van der Waals surface area contributed by atoms with E-state index < -0.39 is 0 Å². The Kier molecular flexibility index (Phi) is 6.84. The molecular formula is C17H26BrNO2. The summed E-state index contributed by atoms with van der Waals surface area (Å²) in [6.07, 6.45) is 6.40. The average Bonchev–Trinajstić information content (AvgIpc) is 2.99. The summed E-state index contributed by atoms with van der Waals surface area (Å²) in [6.45, 7) is 4.84. The third-order valence-electron chi connectivity index (χ3n) is 3.98. The summed E-state index contributed by atoms with van der Waals surface area (Å²) in [6, 6.07) is 4.19. The van der Waals surface area contributed by atoms with Crippen LogP contribution < -0.4 is 14.8 Å². The first-order valence-electron chi connectivity index (χ1n) is 7.94. The van der Waals surface area contributed by atoms with Gasteiger partial charge in [-0.2, -0.15) is 0 Å². The van der Waals surface area contributed by atoms with E-state index in [1.807, 2.05) is 0 Å². The predicted octanol–water partition coefficient (Wildman–Crippen LogP) is 4.53. The number of hydrogen-bond donors (Lipinski definition) is 1. The third-order valence-corrected chi connectivity index (χ3v) is 4.57. The second kappa shape index (κ2) is 8.64. The zero-order valence-electron chi connectivity index (χ0n) is 13.1. The van der Waals surface area contributed by atoms with Crippen LogP contribution in [0, 0.1) is 5.92 Å². The van der Waals surface area contributed by atoms with Gasteiger partial charge in [0.25, 0.3) is 0 Å². The fraction of sp³-hybridized carbons (Fsp3) is 0.647. The van der Waals surface area contributed by atoms with Crippen molar-refractivity contribution in [1.29, 1.82) is 0 Å². The maximum absolute atomic E-state index is 6.03. The molecule has 0 heterocycles. The molecule has 1 aliphatic carbocycles. The standard InChI is InChI=1S/C17H26BrNO2/c1-3-8-19-11-14-9-15(18)17(16(10-14)20-2)21-12-13-6-4-5-7-13/h9-10,13,19H,3-8,11-12H2,1-2H3. The summed E-state index contributed by atoms with van der Waals surface area (Å²) in [5.74, 6) is 2.35. The average molecular weight is 356 g/mol. The molecule has 1 aromatic carbocycles. The monoisotopic (exact) mass is 355 g/mol. The Morgan fingerprint density at radius 3 is 2.71 bits per heavy atom. The Balaban J connectivity index is 2.01. The summed E-state index contributed by atoms with van der Waals surface area (Å²) in [4.78, 5) is 0. The Morgan fingerprint density at radius 2 is 2.05 bits per heavy atom. The molecular weight excluding hydrogens is 330 g/mol. The van der Waals surface area contributed by atoms with Gasteiger partial charge in [-0.25, -0.2) is 0 Å². The maximum Gasteiger partial charge on any atom is 0.175 e. The predicted molar refractivity (Wildman–Crippen MR) is 90.1 cm³/mol. The van der Waals surface area contributed by atoms with E-state index in [4.69, 9.17) is 9.47 Å². The van der Waals surface area contributed by atoms with E-state index in [0.29, 0.717) is 5.92 Å². The number of methoxy groups -OCH3 is 1. The van der Waals surface area contributed by atoms with Crippen molar-refractivity contribution in [2.24, 2.45) is 5.92 Å². The van der Waals surface area contributed by atoms with Crippen LogP contribution >= 0.6 is 15.9 Å². The lowest BCUT2D eigenvalue weighted by Crippen LogP contribution is -2.14. The van der Waals surface area contributed by atoms with Crippen molar-refractivity contribution in [2.45, 2.75) is 45.6 Å². The number of halogens is 1. The van der Waals surface area contributed by atoms with Gasteiger partial charge in [-0.15, -0.1) is 0 Å². The molecule has 1 aliphatic rings. The Morgan fingerprint density at radius 1 is 1.29 bits per heavy atom. The van der Waals surface area contributed by atoms with E-state index in [0.717, 1.165) is 42.1 Å². The number of hydrogen-bond acceptors (Lipinski definition) is 3. The van der Waals surface area contributed by atoms with Gasteiger partial charge in [-0.3, -0.25) is 0 Å². The molecule has 118 valence electrons. The quantitative estimate of drug-likeness (QED) is 0.695. The molecule has 0 radical (unpaired) electrons. The number of rotatable bonds is 8. The number of ether oxygens (including phenoxy) is 2. The van der Waals surface area contributed by atoms with Crippen LogP contribution in [0.5, 0.6) is 11.5 Å². The van der Waals surface area contributed by atoms with Crippen molar-refractivity contribution in [3.05, 3.63) is 22.2 Å². The first kappa shape index (κ1) is 16.6. The number of benzene rings is 1. The van der Waals surface area contributed by atoms with Crippen LogP contribution in [0.3, 0.4) is 0 Å². The first-order chi connectivity index (χ1) is 10.2. The van der Waals surface area contributed by atoms with E-state index in [1.54, 1.807) is 7.11 Å². The van der Waals surface area contributed by atoms with E-state index >= 15 is 0 Å². The Labute approximate surface area is 136 Å². The largest absolute Gasteiger partial charge is 0.493 e. The molecule has 21 heavy (non-hydrogen) atoms. The van der Waals surface area contributed by atoms with E-state index in [-0.39, 0.29) is 0 Å². The van der Waals surface area contributed by atoms with Crippen LogP contribution in [0.1, 0.15) is 44.6 Å². The van der Waals surface area contributed by atoms with Crippen molar-refractivity contribution >= 4 is 15.9 Å². The van der Waals surface area contributed by atoms with Crippen LogP contribution in [-0.4, -0.2) is 20.3 Å². The van der Waals surface area contributed by atoms with Crippen LogP contribution in [-0.2, 0) is 6.54 Å². The minimum Gasteiger partial charge on any atom is -0.493 e. The fourth-order valence-corrected chi connectivity index (χ4v) is 3.41. The molecule has 1 fully saturated rings. The minimum absolute atomic E-state index is 0.701. The van der Waals surface area contributed by atoms with Gasteiger partial charge in [0.2, 0.25) is 0 Å². The molecule has 0 amide bonds. The van der Waals surface area contributed by atoms with Gasteiger partial charge in [-0.1, -0.05) is 19.8 Å². The van der Waals surface area contributed by atoms with Crippen LogP contribution in [0.15, 0.2) is 16.6 Å². The second-order valence-corrected chi connectivity index (χ2v) is 6.60. The van der Waals surface area contributed by atoms with Crippen molar-refractivity contribution in [3.8, 4) is 11.5 Å². The molecule has 0 aromatic heterocycles. The SMILES string of the molecule is CCCNCc1cc(Br)c(OCC2CCCC2)c(OC)c1. The van der Waals surface area contributed by atoms with Crippen molar-refractivity contribution in [2.75, 3.05) is 20.3 Å². The van der Waals surface area contributed by atoms with Gasteiger partial charge < -0.3 is 14.8 Å². The van der Waals surface area contributed by atoms with Crippen molar-refractivity contribution in [3.63, 3.8) is 0 Å². The summed E-state index contributed by atoms with van der Waals surface area (Å²) in [7, 11) is 1.70. The molecule has 0 atom stereocenters. The van der Waals surface area contributed by atoms with Crippen molar-refractivity contribution < 1.29 is 9.47 Å². The van der Waals surface area contributed by atoms with Crippen LogP contribution in [0.4, 0.5) is 0 Å². The molecule has 0 unspecified atom stereocenters. The highest BCUT2D eigenvalue weighted by Gasteiger charge is 2.18. The van der Waals surface area contributed by atoms with E-state index in [2.05, 4.69) is 40.3 Å². The minimum atomic E-state index is 0.701. The molecule has 4 heteroatoms. The molecule has 2 rings (SSSR count). The fourth-order valence-electron chi connectivity index (χ4n) is 2.80. The van der Waals surface area contributed by atoms with Gasteiger partial charge in [0.15, 0.2) is 11.5 Å². The topological polar surface area (TPSA) is 30.5 Å². The molecule has 0 bridgehead atoms. The maximum atomic E-state index is 6.03. The molecule has 3 nitrogen and oxygen atoms in total.